The molecule has 2 aromatic carbocycles. The highest BCUT2D eigenvalue weighted by Crippen LogP contribution is 2.20. The van der Waals surface area contributed by atoms with Crippen molar-refractivity contribution in [2.75, 3.05) is 11.9 Å². The van der Waals surface area contributed by atoms with Gasteiger partial charge in [0.15, 0.2) is 5.69 Å². The van der Waals surface area contributed by atoms with Crippen LogP contribution in [0.4, 0.5) is 14.9 Å². The molecule has 9 nitrogen and oxygen atoms in total. The lowest BCUT2D eigenvalue weighted by molar-refractivity contribution is 0.240. The molecule has 0 atom stereocenters. The standard InChI is InChI=1S/C19H18ClFN6O3/c20-14-10-13(6-7-15(14)21)24-18(25-29)17-16(26-30-27-17)11-23-19(28)22-9-8-12-4-2-1-3-5-12/h1-7,10,29H,8-9,11H2,(H,24,25)(H2,22,23,28). The Kier molecular flexibility index (Phi) is 7.17. The molecule has 0 saturated heterocycles. The summed E-state index contributed by atoms with van der Waals surface area (Å²) >= 11 is 5.74. The number of urea groups is 1. The van der Waals surface area contributed by atoms with Crippen molar-refractivity contribution in [1.82, 2.24) is 20.9 Å². The summed E-state index contributed by atoms with van der Waals surface area (Å²) in [6.45, 7) is 0.427. The topological polar surface area (TPSA) is 125 Å². The van der Waals surface area contributed by atoms with Crippen LogP contribution in [0.25, 0.3) is 0 Å². The molecule has 0 spiro atoms. The molecule has 1 heterocycles. The lowest BCUT2D eigenvalue weighted by Gasteiger charge is -2.09. The molecule has 0 saturated carbocycles. The summed E-state index contributed by atoms with van der Waals surface area (Å²) in [4.78, 5) is 12.0. The van der Waals surface area contributed by atoms with Crippen LogP contribution < -0.4 is 16.0 Å². The molecule has 0 aliphatic carbocycles. The summed E-state index contributed by atoms with van der Waals surface area (Å²) in [5, 5.41) is 27.8. The maximum atomic E-state index is 13.3. The lowest BCUT2D eigenvalue weighted by atomic mass is 10.1. The Morgan fingerprint density at radius 2 is 1.97 bits per heavy atom. The van der Waals surface area contributed by atoms with Crippen LogP contribution in [0.5, 0.6) is 0 Å². The van der Waals surface area contributed by atoms with Gasteiger partial charge in [0, 0.05) is 12.2 Å². The molecule has 1 aromatic heterocycles. The van der Waals surface area contributed by atoms with E-state index in [0.29, 0.717) is 18.7 Å². The quantitative estimate of drug-likeness (QED) is 0.197. The summed E-state index contributed by atoms with van der Waals surface area (Å²) in [7, 11) is 0. The largest absolute Gasteiger partial charge is 0.409 e. The van der Waals surface area contributed by atoms with Crippen LogP contribution in [-0.2, 0) is 13.0 Å². The van der Waals surface area contributed by atoms with E-state index in [1.165, 1.54) is 12.1 Å². The Bertz CT molecular complexity index is 1030. The summed E-state index contributed by atoms with van der Waals surface area (Å²) in [5.74, 6) is -0.698. The van der Waals surface area contributed by atoms with Gasteiger partial charge in [-0.3, -0.25) is 0 Å². The minimum absolute atomic E-state index is 0.0269. The zero-order chi connectivity index (χ0) is 21.3. The number of aromatic nitrogens is 2. The first-order valence-corrected chi connectivity index (χ1v) is 9.26. The molecule has 0 unspecified atom stereocenters. The second-order valence-electron chi connectivity index (χ2n) is 6.11. The van der Waals surface area contributed by atoms with Crippen molar-refractivity contribution in [2.45, 2.75) is 13.0 Å². The van der Waals surface area contributed by atoms with Crippen LogP contribution in [0.1, 0.15) is 17.0 Å². The highest BCUT2D eigenvalue weighted by Gasteiger charge is 2.18. The molecule has 156 valence electrons. The van der Waals surface area contributed by atoms with Crippen LogP contribution >= 0.6 is 11.6 Å². The Morgan fingerprint density at radius 1 is 1.17 bits per heavy atom. The molecule has 0 aliphatic heterocycles. The highest BCUT2D eigenvalue weighted by atomic mass is 35.5. The molecule has 3 rings (SSSR count). The molecule has 11 heteroatoms. The summed E-state index contributed by atoms with van der Waals surface area (Å²) < 4.78 is 18.0. The highest BCUT2D eigenvalue weighted by molar-refractivity contribution is 6.31. The second-order valence-corrected chi connectivity index (χ2v) is 6.51. The van der Waals surface area contributed by atoms with Crippen molar-refractivity contribution in [3.8, 4) is 0 Å². The van der Waals surface area contributed by atoms with Crippen molar-refractivity contribution in [3.05, 3.63) is 76.3 Å². The first-order valence-electron chi connectivity index (χ1n) is 8.88. The fourth-order valence-electron chi connectivity index (χ4n) is 2.54. The number of halogens is 2. The van der Waals surface area contributed by atoms with E-state index in [1.54, 1.807) is 0 Å². The number of anilines is 1. The molecule has 30 heavy (non-hydrogen) atoms. The number of oxime groups is 1. The predicted octanol–water partition coefficient (Wildman–Crippen LogP) is 3.15. The molecule has 0 radical (unpaired) electrons. The van der Waals surface area contributed by atoms with Crippen LogP contribution in [0.15, 0.2) is 58.3 Å². The van der Waals surface area contributed by atoms with E-state index in [4.69, 9.17) is 16.2 Å². The van der Waals surface area contributed by atoms with E-state index in [2.05, 4.69) is 31.4 Å². The van der Waals surface area contributed by atoms with E-state index >= 15 is 0 Å². The molecule has 0 bridgehead atoms. The van der Waals surface area contributed by atoms with Gasteiger partial charge in [-0.2, -0.15) is 0 Å². The minimum atomic E-state index is -0.587. The summed E-state index contributed by atoms with van der Waals surface area (Å²) in [6, 6.07) is 13.2. The molecule has 0 fully saturated rings. The Labute approximate surface area is 175 Å². The summed E-state index contributed by atoms with van der Waals surface area (Å²) in [6.07, 6.45) is 0.691. The first-order chi connectivity index (χ1) is 14.6. The number of amides is 2. The number of hydrogen-bond acceptors (Lipinski definition) is 6. The minimum Gasteiger partial charge on any atom is -0.409 e. The molecule has 2 amide bonds. The van der Waals surface area contributed by atoms with Crippen molar-refractivity contribution in [3.63, 3.8) is 0 Å². The monoisotopic (exact) mass is 432 g/mol. The predicted molar refractivity (Wildman–Crippen MR) is 108 cm³/mol. The van der Waals surface area contributed by atoms with Gasteiger partial charge in [0.05, 0.1) is 11.6 Å². The molecular weight excluding hydrogens is 415 g/mol. The van der Waals surface area contributed by atoms with Gasteiger partial charge >= 0.3 is 6.03 Å². The molecule has 4 N–H and O–H groups in total. The van der Waals surface area contributed by atoms with Crippen LogP contribution in [0.3, 0.4) is 0 Å². The normalized spacial score (nSPS) is 11.2. The van der Waals surface area contributed by atoms with E-state index < -0.39 is 11.8 Å². The van der Waals surface area contributed by atoms with Gasteiger partial charge in [0.25, 0.3) is 0 Å². The zero-order valence-corrected chi connectivity index (χ0v) is 16.4. The van der Waals surface area contributed by atoms with Crippen molar-refractivity contribution in [1.29, 1.82) is 0 Å². The number of amidine groups is 1. The van der Waals surface area contributed by atoms with Crippen molar-refractivity contribution < 1.29 is 19.0 Å². The third kappa shape index (κ3) is 5.67. The number of hydrogen-bond donors (Lipinski definition) is 4. The number of carbonyl (C=O) groups is 1. The lowest BCUT2D eigenvalue weighted by Crippen LogP contribution is -2.36. The van der Waals surface area contributed by atoms with Gasteiger partial charge in [0.2, 0.25) is 5.84 Å². The van der Waals surface area contributed by atoms with Gasteiger partial charge in [-0.05, 0) is 35.3 Å². The fourth-order valence-corrected chi connectivity index (χ4v) is 2.72. The number of benzene rings is 2. The fraction of sp³-hybridized carbons (Fsp3) is 0.158. The van der Waals surface area contributed by atoms with Gasteiger partial charge in [0.1, 0.15) is 11.5 Å². The number of nitrogens with zero attached hydrogens (tertiary/aromatic N) is 3. The Balaban J connectivity index is 1.54. The molecular formula is C19H18ClFN6O3. The average Bonchev–Trinajstić information content (AvgIpc) is 3.22. The SMILES string of the molecule is O=C(NCCc1ccccc1)NCc1nonc1C(=NO)Nc1ccc(F)c(Cl)c1. The maximum Gasteiger partial charge on any atom is 0.315 e. The number of rotatable bonds is 7. The van der Waals surface area contributed by atoms with E-state index in [-0.39, 0.29) is 28.8 Å². The zero-order valence-electron chi connectivity index (χ0n) is 15.6. The molecule has 3 aromatic rings. The smallest absolute Gasteiger partial charge is 0.315 e. The van der Waals surface area contributed by atoms with Gasteiger partial charge in [-0.1, -0.05) is 52.2 Å². The van der Waals surface area contributed by atoms with Crippen LogP contribution in [-0.4, -0.2) is 33.9 Å². The van der Waals surface area contributed by atoms with E-state index in [9.17, 15) is 14.4 Å². The number of nitrogens with one attached hydrogen (secondary N) is 3. The molecule has 0 aliphatic rings. The Hall–Kier alpha value is -3.66. The first kappa shape index (κ1) is 21.1. The maximum absolute atomic E-state index is 13.3. The van der Waals surface area contributed by atoms with Gasteiger partial charge < -0.3 is 21.2 Å². The van der Waals surface area contributed by atoms with Crippen LogP contribution in [0, 0.1) is 5.82 Å². The number of carbonyl (C=O) groups excluding carboxylic acids is 1. The average molecular weight is 433 g/mol. The van der Waals surface area contributed by atoms with Crippen LogP contribution in [0.2, 0.25) is 5.02 Å². The summed E-state index contributed by atoms with van der Waals surface area (Å²) in [5.41, 5.74) is 1.76. The Morgan fingerprint density at radius 3 is 2.70 bits per heavy atom. The third-order valence-corrected chi connectivity index (χ3v) is 4.31. The van der Waals surface area contributed by atoms with E-state index in [0.717, 1.165) is 11.6 Å². The third-order valence-electron chi connectivity index (χ3n) is 4.02. The van der Waals surface area contributed by atoms with E-state index in [1.807, 2.05) is 30.3 Å². The van der Waals surface area contributed by atoms with Crippen molar-refractivity contribution >= 4 is 29.2 Å². The van der Waals surface area contributed by atoms with Gasteiger partial charge in [-0.15, -0.1) is 0 Å². The van der Waals surface area contributed by atoms with Gasteiger partial charge in [-0.25, -0.2) is 13.8 Å². The second kappa shape index (κ2) is 10.2. The van der Waals surface area contributed by atoms with Crippen molar-refractivity contribution in [2.24, 2.45) is 5.16 Å².